The maximum atomic E-state index is 6.89. The van der Waals surface area contributed by atoms with E-state index >= 15 is 0 Å². The van der Waals surface area contributed by atoms with E-state index in [9.17, 15) is 0 Å². The minimum atomic E-state index is 0.844. The van der Waals surface area contributed by atoms with E-state index in [0.717, 1.165) is 49.8 Å². The highest BCUT2D eigenvalue weighted by atomic mass is 16.3. The molecule has 0 unspecified atom stereocenters. The van der Waals surface area contributed by atoms with Gasteiger partial charge in [-0.2, -0.15) is 0 Å². The molecule has 0 bridgehead atoms. The lowest BCUT2D eigenvalue weighted by Gasteiger charge is -2.18. The van der Waals surface area contributed by atoms with Crippen LogP contribution >= 0.6 is 0 Å². The Bertz CT molecular complexity index is 2750. The third-order valence-corrected chi connectivity index (χ3v) is 9.69. The zero-order valence-corrected chi connectivity index (χ0v) is 26.0. The Labute approximate surface area is 277 Å². The Balaban J connectivity index is 1.35. The average Bonchev–Trinajstić information content (AvgIpc) is 3.73. The molecule has 2 nitrogen and oxygen atoms in total. The number of para-hydroxylation sites is 1. The quantitative estimate of drug-likeness (QED) is 0.185. The maximum Gasteiger partial charge on any atom is 0.143 e. The van der Waals surface area contributed by atoms with Gasteiger partial charge in [0, 0.05) is 32.8 Å². The summed E-state index contributed by atoms with van der Waals surface area (Å²) < 4.78 is 13.3. The van der Waals surface area contributed by atoms with Crippen LogP contribution in [0.2, 0.25) is 0 Å². The van der Waals surface area contributed by atoms with Gasteiger partial charge in [0.05, 0.1) is 0 Å². The van der Waals surface area contributed by atoms with Crippen molar-refractivity contribution in [2.45, 2.75) is 0 Å². The van der Waals surface area contributed by atoms with Crippen LogP contribution < -0.4 is 0 Å². The molecule has 0 aliphatic carbocycles. The molecule has 0 atom stereocenters. The number of rotatable bonds is 4. The molecule has 0 fully saturated rings. The molecule has 0 aliphatic heterocycles. The molecule has 0 saturated heterocycles. The van der Waals surface area contributed by atoms with Crippen molar-refractivity contribution in [2.24, 2.45) is 0 Å². The summed E-state index contributed by atoms with van der Waals surface area (Å²) in [5, 5.41) is 8.02. The second-order valence-corrected chi connectivity index (χ2v) is 12.4. The van der Waals surface area contributed by atoms with Crippen molar-refractivity contribution < 1.29 is 8.83 Å². The minimum Gasteiger partial charge on any atom is -0.456 e. The van der Waals surface area contributed by atoms with E-state index in [1.807, 2.05) is 18.2 Å². The summed E-state index contributed by atoms with van der Waals surface area (Å²) in [4.78, 5) is 0. The van der Waals surface area contributed by atoms with Crippen molar-refractivity contribution in [3.63, 3.8) is 0 Å². The van der Waals surface area contributed by atoms with Crippen LogP contribution in [0.15, 0.2) is 179 Å². The third kappa shape index (κ3) is 4.00. The molecular formula is C46H28O2. The van der Waals surface area contributed by atoms with Gasteiger partial charge in [-0.25, -0.2) is 0 Å². The fourth-order valence-corrected chi connectivity index (χ4v) is 7.61. The summed E-state index contributed by atoms with van der Waals surface area (Å²) >= 11 is 0. The zero-order valence-electron chi connectivity index (χ0n) is 26.0. The van der Waals surface area contributed by atoms with Gasteiger partial charge in [0.25, 0.3) is 0 Å². The van der Waals surface area contributed by atoms with Crippen LogP contribution in [0.1, 0.15) is 0 Å². The number of hydrogen-bond acceptors (Lipinski definition) is 2. The molecule has 0 aliphatic rings. The van der Waals surface area contributed by atoms with E-state index < -0.39 is 0 Å². The molecule has 0 saturated carbocycles. The molecule has 48 heavy (non-hydrogen) atoms. The van der Waals surface area contributed by atoms with Gasteiger partial charge in [0.15, 0.2) is 0 Å². The van der Waals surface area contributed by atoms with E-state index in [1.165, 1.54) is 49.4 Å². The highest BCUT2D eigenvalue weighted by Gasteiger charge is 2.26. The van der Waals surface area contributed by atoms with Crippen LogP contribution in [0.4, 0.5) is 0 Å². The molecule has 0 spiro atoms. The smallest absolute Gasteiger partial charge is 0.143 e. The topological polar surface area (TPSA) is 26.3 Å². The van der Waals surface area contributed by atoms with Gasteiger partial charge >= 0.3 is 0 Å². The van der Waals surface area contributed by atoms with Crippen molar-refractivity contribution in [3.8, 4) is 44.7 Å². The second kappa shape index (κ2) is 10.6. The summed E-state index contributed by atoms with van der Waals surface area (Å²) in [5.74, 6) is 0.860. The van der Waals surface area contributed by atoms with E-state index in [1.54, 1.807) is 0 Å². The molecule has 0 N–H and O–H groups in total. The van der Waals surface area contributed by atoms with Crippen molar-refractivity contribution >= 4 is 54.5 Å². The second-order valence-electron chi connectivity index (χ2n) is 12.4. The molecule has 2 aromatic heterocycles. The average molecular weight is 613 g/mol. The van der Waals surface area contributed by atoms with Crippen LogP contribution in [0, 0.1) is 0 Å². The first-order chi connectivity index (χ1) is 23.8. The SMILES string of the molecule is c1ccc(-c2ccc(-c3c4ccccc4c(-c4c(-c5ccccc5)oc5ccc6oc7ccccc7c6c45)c4ccccc34)cc2)cc1. The van der Waals surface area contributed by atoms with E-state index in [4.69, 9.17) is 8.83 Å². The first-order valence-corrected chi connectivity index (χ1v) is 16.4. The van der Waals surface area contributed by atoms with Crippen molar-refractivity contribution in [3.05, 3.63) is 170 Å². The Morgan fingerprint density at radius 1 is 0.250 bits per heavy atom. The Morgan fingerprint density at radius 3 is 1.33 bits per heavy atom. The first-order valence-electron chi connectivity index (χ1n) is 16.4. The molecular weight excluding hydrogens is 585 g/mol. The summed E-state index contributed by atoms with van der Waals surface area (Å²) in [5.41, 5.74) is 10.7. The van der Waals surface area contributed by atoms with Gasteiger partial charge in [-0.3, -0.25) is 0 Å². The molecule has 0 amide bonds. The fourth-order valence-electron chi connectivity index (χ4n) is 7.61. The highest BCUT2D eigenvalue weighted by Crippen LogP contribution is 2.51. The van der Waals surface area contributed by atoms with Crippen LogP contribution in [0.3, 0.4) is 0 Å². The molecule has 10 rings (SSSR count). The number of hydrogen-bond donors (Lipinski definition) is 0. The van der Waals surface area contributed by atoms with Gasteiger partial charge in [0.1, 0.15) is 22.5 Å². The fraction of sp³-hybridized carbons (Fsp3) is 0. The van der Waals surface area contributed by atoms with Crippen LogP contribution in [0.25, 0.3) is 99.2 Å². The van der Waals surface area contributed by atoms with E-state index in [-0.39, 0.29) is 0 Å². The summed E-state index contributed by atoms with van der Waals surface area (Å²) in [6, 6.07) is 60.1. The first kappa shape index (κ1) is 26.8. The van der Waals surface area contributed by atoms with E-state index in [0.29, 0.717) is 0 Å². The molecule has 8 aromatic carbocycles. The summed E-state index contributed by atoms with van der Waals surface area (Å²) in [6.45, 7) is 0. The molecule has 10 aromatic rings. The van der Waals surface area contributed by atoms with Gasteiger partial charge in [-0.05, 0) is 62.0 Å². The van der Waals surface area contributed by atoms with Crippen LogP contribution in [-0.2, 0) is 0 Å². The van der Waals surface area contributed by atoms with Crippen molar-refractivity contribution in [1.82, 2.24) is 0 Å². The zero-order chi connectivity index (χ0) is 31.6. The predicted octanol–water partition coefficient (Wildman–Crippen LogP) is 13.3. The monoisotopic (exact) mass is 612 g/mol. The van der Waals surface area contributed by atoms with Crippen LogP contribution in [0.5, 0.6) is 0 Å². The molecule has 0 radical (unpaired) electrons. The highest BCUT2D eigenvalue weighted by molar-refractivity contribution is 6.30. The standard InChI is InChI=1S/C46H28O2/c1-3-13-29(14-4-1)30-23-25-31(26-24-30)41-33-17-7-9-19-35(33)42(36-20-10-8-18-34(36)41)45-44-40(48-46(45)32-15-5-2-6-16-32)28-27-39-43(44)37-21-11-12-22-38(37)47-39/h1-28H. The van der Waals surface area contributed by atoms with Gasteiger partial charge in [-0.15, -0.1) is 0 Å². The third-order valence-electron chi connectivity index (χ3n) is 9.69. The number of furan rings is 2. The lowest BCUT2D eigenvalue weighted by molar-refractivity contribution is 0.632. The molecule has 224 valence electrons. The molecule has 2 heterocycles. The minimum absolute atomic E-state index is 0.844. The predicted molar refractivity (Wildman–Crippen MR) is 200 cm³/mol. The van der Waals surface area contributed by atoms with Gasteiger partial charge in [0.2, 0.25) is 0 Å². The number of benzene rings is 8. The normalized spacial score (nSPS) is 11.8. The van der Waals surface area contributed by atoms with Crippen molar-refractivity contribution in [1.29, 1.82) is 0 Å². The largest absolute Gasteiger partial charge is 0.456 e. The lowest BCUT2D eigenvalue weighted by Crippen LogP contribution is -1.92. The number of fused-ring (bicyclic) bond motifs is 7. The van der Waals surface area contributed by atoms with Gasteiger partial charge < -0.3 is 8.83 Å². The summed E-state index contributed by atoms with van der Waals surface area (Å²) in [7, 11) is 0. The Morgan fingerprint density at radius 2 is 0.708 bits per heavy atom. The molecule has 2 heteroatoms. The summed E-state index contributed by atoms with van der Waals surface area (Å²) in [6.07, 6.45) is 0. The Kier molecular flexibility index (Phi) is 5.91. The van der Waals surface area contributed by atoms with Gasteiger partial charge in [-0.1, -0.05) is 152 Å². The van der Waals surface area contributed by atoms with Crippen molar-refractivity contribution in [2.75, 3.05) is 0 Å². The lowest BCUT2D eigenvalue weighted by atomic mass is 9.84. The van der Waals surface area contributed by atoms with Crippen LogP contribution in [-0.4, -0.2) is 0 Å². The maximum absolute atomic E-state index is 6.89. The van der Waals surface area contributed by atoms with E-state index in [2.05, 4.69) is 152 Å². The Hall–Kier alpha value is -6.38.